The van der Waals surface area contributed by atoms with Crippen molar-refractivity contribution < 1.29 is 24.2 Å². The fourth-order valence-electron chi connectivity index (χ4n) is 3.93. The molecular weight excluding hydrogens is 448 g/mol. The number of likely N-dealkylation sites (tertiary alicyclic amines) is 1. The summed E-state index contributed by atoms with van der Waals surface area (Å²) in [6.45, 7) is 4.40. The number of carboxylic acids is 1. The van der Waals surface area contributed by atoms with Crippen molar-refractivity contribution in [3.05, 3.63) is 52.8 Å². The molecule has 3 rings (SSSR count). The number of carbonyl (C=O) groups excluding carboxylic acids is 2. The Morgan fingerprint density at radius 3 is 2.61 bits per heavy atom. The molecule has 3 amide bonds. The summed E-state index contributed by atoms with van der Waals surface area (Å²) in [7, 11) is 1.47. The summed E-state index contributed by atoms with van der Waals surface area (Å²) in [6, 6.07) is 8.78. The van der Waals surface area contributed by atoms with Crippen molar-refractivity contribution >= 4 is 35.2 Å². The van der Waals surface area contributed by atoms with Crippen molar-refractivity contribution in [3.63, 3.8) is 0 Å². The third kappa shape index (κ3) is 5.19. The van der Waals surface area contributed by atoms with Gasteiger partial charge in [0.15, 0.2) is 0 Å². The van der Waals surface area contributed by atoms with Gasteiger partial charge in [-0.15, -0.1) is 0 Å². The molecule has 2 heterocycles. The highest BCUT2D eigenvalue weighted by molar-refractivity contribution is 6.29. The van der Waals surface area contributed by atoms with E-state index in [0.717, 1.165) is 11.1 Å². The molecular formula is C23H27ClN4O5. The van der Waals surface area contributed by atoms with Crippen LogP contribution in [0.25, 0.3) is 0 Å². The van der Waals surface area contributed by atoms with Gasteiger partial charge in [-0.25, -0.2) is 9.78 Å². The number of hydrogen-bond acceptors (Lipinski definition) is 5. The lowest BCUT2D eigenvalue weighted by atomic mass is 9.69. The number of hydrogen-bond donors (Lipinski definition) is 3. The van der Waals surface area contributed by atoms with Gasteiger partial charge in [0.2, 0.25) is 5.91 Å². The van der Waals surface area contributed by atoms with Crippen LogP contribution in [0.4, 0.5) is 10.5 Å². The van der Waals surface area contributed by atoms with E-state index in [-0.39, 0.29) is 43.0 Å². The fraction of sp³-hybridized carbons (Fsp3) is 0.391. The summed E-state index contributed by atoms with van der Waals surface area (Å²) in [5.74, 6) is -0.758. The summed E-state index contributed by atoms with van der Waals surface area (Å²) < 4.78 is 5.32. The molecule has 1 aromatic carbocycles. The Kier molecular flexibility index (Phi) is 7.43. The second-order valence-electron chi connectivity index (χ2n) is 8.22. The maximum Gasteiger partial charge on any atom is 0.317 e. The molecule has 176 valence electrons. The van der Waals surface area contributed by atoms with Gasteiger partial charge in [-0.2, -0.15) is 0 Å². The third-order valence-electron chi connectivity index (χ3n) is 5.66. The Labute approximate surface area is 197 Å². The first-order chi connectivity index (χ1) is 15.7. The quantitative estimate of drug-likeness (QED) is 0.505. The lowest BCUT2D eigenvalue weighted by Crippen LogP contribution is -2.68. The Morgan fingerprint density at radius 2 is 1.97 bits per heavy atom. The number of halogens is 1. The highest BCUT2D eigenvalue weighted by Gasteiger charge is 2.53. The van der Waals surface area contributed by atoms with E-state index >= 15 is 0 Å². The summed E-state index contributed by atoms with van der Waals surface area (Å²) in [5.41, 5.74) is 1.24. The molecule has 1 saturated heterocycles. The number of ether oxygens (including phenoxy) is 1. The summed E-state index contributed by atoms with van der Waals surface area (Å²) in [4.78, 5) is 42.4. The Bertz CT molecular complexity index is 1050. The van der Waals surface area contributed by atoms with E-state index in [9.17, 15) is 14.4 Å². The van der Waals surface area contributed by atoms with Crippen molar-refractivity contribution in [2.45, 2.75) is 31.6 Å². The summed E-state index contributed by atoms with van der Waals surface area (Å²) >= 11 is 5.94. The molecule has 1 aliphatic heterocycles. The molecule has 3 N–H and O–H groups in total. The van der Waals surface area contributed by atoms with E-state index in [4.69, 9.17) is 21.4 Å². The van der Waals surface area contributed by atoms with Crippen molar-refractivity contribution in [1.82, 2.24) is 15.2 Å². The van der Waals surface area contributed by atoms with Gasteiger partial charge < -0.3 is 25.4 Å². The number of aliphatic carboxylic acids is 1. The number of nitrogens with zero attached hydrogens (tertiary/aromatic N) is 2. The monoisotopic (exact) mass is 474 g/mol. The van der Waals surface area contributed by atoms with Crippen molar-refractivity contribution in [2.24, 2.45) is 0 Å². The van der Waals surface area contributed by atoms with Gasteiger partial charge in [-0.05, 0) is 17.0 Å². The molecule has 1 fully saturated rings. The number of carbonyl (C=O) groups is 3. The van der Waals surface area contributed by atoms with Crippen LogP contribution in [-0.2, 0) is 15.0 Å². The van der Waals surface area contributed by atoms with Crippen molar-refractivity contribution in [1.29, 1.82) is 0 Å². The molecule has 1 aromatic heterocycles. The molecule has 33 heavy (non-hydrogen) atoms. The van der Waals surface area contributed by atoms with Crippen LogP contribution in [0.5, 0.6) is 5.75 Å². The zero-order chi connectivity index (χ0) is 24.2. The van der Waals surface area contributed by atoms with Crippen LogP contribution < -0.4 is 15.4 Å². The molecule has 0 bridgehead atoms. The van der Waals surface area contributed by atoms with Crippen LogP contribution in [0.2, 0.25) is 5.15 Å². The first-order valence-electron chi connectivity index (χ1n) is 10.5. The SMILES string of the molecule is COc1cc(Cl)ncc1NC(=O)C1(c2ccccc2C(C)C)CN(C(=O)NCCC(=O)O)C1. The lowest BCUT2D eigenvalue weighted by Gasteiger charge is -2.49. The standard InChI is InChI=1S/C23H27ClN4O5/c1-14(2)15-6-4-5-7-16(15)23(12-28(13-23)22(32)25-9-8-20(29)30)21(31)27-17-11-26-19(24)10-18(17)33-3/h4-7,10-11,14H,8-9,12-13H2,1-3H3,(H,25,32)(H,27,31)(H,29,30). The summed E-state index contributed by atoms with van der Waals surface area (Å²) in [5, 5.41) is 14.5. The van der Waals surface area contributed by atoms with Gasteiger partial charge in [-0.3, -0.25) is 9.59 Å². The topological polar surface area (TPSA) is 121 Å². The zero-order valence-electron chi connectivity index (χ0n) is 18.7. The number of rotatable bonds is 8. The molecule has 0 aliphatic carbocycles. The molecule has 0 unspecified atom stereocenters. The minimum Gasteiger partial charge on any atom is -0.494 e. The van der Waals surface area contributed by atoms with Crippen molar-refractivity contribution in [3.8, 4) is 5.75 Å². The van der Waals surface area contributed by atoms with E-state index in [2.05, 4.69) is 15.6 Å². The van der Waals surface area contributed by atoms with Gasteiger partial charge in [0, 0.05) is 25.7 Å². The maximum atomic E-state index is 13.7. The number of amides is 3. The first-order valence-corrected chi connectivity index (χ1v) is 10.9. The minimum atomic E-state index is -0.996. The maximum absolute atomic E-state index is 13.7. The number of pyridine rings is 1. The largest absolute Gasteiger partial charge is 0.494 e. The summed E-state index contributed by atoms with van der Waals surface area (Å²) in [6.07, 6.45) is 1.25. The van der Waals surface area contributed by atoms with E-state index < -0.39 is 17.4 Å². The number of nitrogens with one attached hydrogen (secondary N) is 2. The number of anilines is 1. The van der Waals surface area contributed by atoms with Crippen LogP contribution in [0, 0.1) is 0 Å². The number of carboxylic acid groups (broad SMARTS) is 1. The smallest absolute Gasteiger partial charge is 0.317 e. The van der Waals surface area contributed by atoms with Gasteiger partial charge in [0.05, 0.1) is 19.7 Å². The van der Waals surface area contributed by atoms with Crippen molar-refractivity contribution in [2.75, 3.05) is 32.1 Å². The van der Waals surface area contributed by atoms with E-state index in [0.29, 0.717) is 11.4 Å². The van der Waals surface area contributed by atoms with Gasteiger partial charge in [-0.1, -0.05) is 49.7 Å². The normalized spacial score (nSPS) is 14.4. The Hall–Kier alpha value is -3.33. The highest BCUT2D eigenvalue weighted by Crippen LogP contribution is 2.40. The molecule has 0 radical (unpaired) electrons. The molecule has 1 aliphatic rings. The van der Waals surface area contributed by atoms with E-state index in [1.54, 1.807) is 0 Å². The zero-order valence-corrected chi connectivity index (χ0v) is 19.5. The van der Waals surface area contributed by atoms with E-state index in [1.807, 2.05) is 38.1 Å². The average molecular weight is 475 g/mol. The molecule has 2 aromatic rings. The molecule has 9 nitrogen and oxygen atoms in total. The molecule has 0 atom stereocenters. The fourth-order valence-corrected chi connectivity index (χ4v) is 4.08. The van der Waals surface area contributed by atoms with Gasteiger partial charge in [0.1, 0.15) is 22.0 Å². The second-order valence-corrected chi connectivity index (χ2v) is 8.60. The lowest BCUT2D eigenvalue weighted by molar-refractivity contribution is -0.136. The molecule has 10 heteroatoms. The van der Waals surface area contributed by atoms with Gasteiger partial charge in [0.25, 0.3) is 0 Å². The minimum absolute atomic E-state index is 0.0140. The highest BCUT2D eigenvalue weighted by atomic mass is 35.5. The third-order valence-corrected chi connectivity index (χ3v) is 5.86. The van der Waals surface area contributed by atoms with Crippen LogP contribution in [0.15, 0.2) is 36.5 Å². The molecule has 0 saturated carbocycles. The van der Waals surface area contributed by atoms with Crippen LogP contribution in [0.3, 0.4) is 0 Å². The van der Waals surface area contributed by atoms with Crippen LogP contribution in [-0.4, -0.2) is 59.6 Å². The number of benzene rings is 1. The predicted molar refractivity (Wildman–Crippen MR) is 124 cm³/mol. The van der Waals surface area contributed by atoms with E-state index in [1.165, 1.54) is 24.3 Å². The first kappa shape index (κ1) is 24.3. The Morgan fingerprint density at radius 1 is 1.27 bits per heavy atom. The average Bonchev–Trinajstić information content (AvgIpc) is 2.74. The van der Waals surface area contributed by atoms with Crippen LogP contribution in [0.1, 0.15) is 37.3 Å². The van der Waals surface area contributed by atoms with Gasteiger partial charge >= 0.3 is 12.0 Å². The second kappa shape index (κ2) is 10.1. The number of urea groups is 1. The van der Waals surface area contributed by atoms with Crippen LogP contribution >= 0.6 is 11.6 Å². The Balaban J connectivity index is 1.89. The molecule has 0 spiro atoms. The number of methoxy groups -OCH3 is 1. The number of aromatic nitrogens is 1. The predicted octanol–water partition coefficient (Wildman–Crippen LogP) is 3.24.